The van der Waals surface area contributed by atoms with Crippen molar-refractivity contribution in [3.63, 3.8) is 0 Å². The van der Waals surface area contributed by atoms with Crippen LogP contribution in [-0.4, -0.2) is 36.0 Å². The van der Waals surface area contributed by atoms with Crippen molar-refractivity contribution in [3.05, 3.63) is 12.7 Å². The van der Waals surface area contributed by atoms with E-state index in [1.54, 1.807) is 0 Å². The molecule has 1 rings (SSSR count). The maximum Gasteiger partial charge on any atom is 0.223 e. The minimum atomic E-state index is -1.89. The highest BCUT2D eigenvalue weighted by atomic mass is 28.3. The third kappa shape index (κ3) is 2.52. The number of hydrogen-bond donors (Lipinski definition) is 1. The summed E-state index contributed by atoms with van der Waals surface area (Å²) in [4.78, 5) is 12.5. The third-order valence-corrected chi connectivity index (χ3v) is 10.3. The van der Waals surface area contributed by atoms with Crippen LogP contribution in [0.4, 0.5) is 0 Å². The van der Waals surface area contributed by atoms with Gasteiger partial charge in [-0.1, -0.05) is 53.8 Å². The Labute approximate surface area is 118 Å². The van der Waals surface area contributed by atoms with Crippen LogP contribution in [-0.2, 0) is 4.79 Å². The van der Waals surface area contributed by atoms with Gasteiger partial charge in [-0.15, -0.1) is 6.58 Å². The molecular weight excluding hydrogens is 254 g/mol. The van der Waals surface area contributed by atoms with E-state index in [2.05, 4.69) is 40.4 Å². The second kappa shape index (κ2) is 5.06. The molecule has 1 N–H and O–H groups in total. The van der Waals surface area contributed by atoms with Crippen LogP contribution >= 0.6 is 0 Å². The molecule has 0 spiro atoms. The largest absolute Gasteiger partial charge is 0.392 e. The van der Waals surface area contributed by atoms with Crippen molar-refractivity contribution in [3.8, 4) is 0 Å². The summed E-state index contributed by atoms with van der Waals surface area (Å²) in [7, 11) is -1.89. The summed E-state index contributed by atoms with van der Waals surface area (Å²) >= 11 is 0. The smallest absolute Gasteiger partial charge is 0.223 e. The van der Waals surface area contributed by atoms with E-state index in [0.717, 1.165) is 0 Å². The van der Waals surface area contributed by atoms with E-state index in [1.165, 1.54) is 0 Å². The molecule has 0 radical (unpaired) electrons. The van der Waals surface area contributed by atoms with Crippen molar-refractivity contribution in [2.45, 2.75) is 64.9 Å². The molecule has 19 heavy (non-hydrogen) atoms. The number of carbonyl (C=O) groups is 1. The number of aliphatic hydroxyl groups excluding tert-OH is 1. The molecule has 1 aliphatic heterocycles. The molecule has 1 amide bonds. The Balaban J connectivity index is 3.03. The van der Waals surface area contributed by atoms with Gasteiger partial charge in [-0.05, 0) is 11.0 Å². The van der Waals surface area contributed by atoms with E-state index in [1.807, 2.05) is 24.5 Å². The van der Waals surface area contributed by atoms with E-state index < -0.39 is 14.3 Å². The van der Waals surface area contributed by atoms with E-state index in [4.69, 9.17) is 0 Å². The second-order valence-electron chi connectivity index (χ2n) is 7.50. The van der Waals surface area contributed by atoms with E-state index in [-0.39, 0.29) is 28.8 Å². The van der Waals surface area contributed by atoms with Crippen molar-refractivity contribution in [2.75, 3.05) is 0 Å². The molecule has 0 aliphatic carbocycles. The zero-order chi connectivity index (χ0) is 15.2. The van der Waals surface area contributed by atoms with Crippen LogP contribution in [0, 0.1) is 11.8 Å². The monoisotopic (exact) mass is 283 g/mol. The van der Waals surface area contributed by atoms with Gasteiger partial charge in [0.1, 0.15) is 0 Å². The number of nitrogens with zero attached hydrogens (tertiary/aromatic N) is 1. The maximum absolute atomic E-state index is 12.5. The number of carbonyl (C=O) groups excluding carboxylic acids is 1. The highest BCUT2D eigenvalue weighted by Crippen LogP contribution is 2.46. The Hall–Kier alpha value is -0.613. The van der Waals surface area contributed by atoms with Crippen molar-refractivity contribution in [1.29, 1.82) is 0 Å². The summed E-state index contributed by atoms with van der Waals surface area (Å²) in [6.07, 6.45) is 1.26. The molecule has 1 aliphatic rings. The molecule has 0 saturated carbocycles. The molecule has 1 heterocycles. The van der Waals surface area contributed by atoms with Crippen LogP contribution < -0.4 is 0 Å². The second-order valence-corrected chi connectivity index (χ2v) is 12.6. The fraction of sp³-hybridized carbons (Fsp3) is 0.800. The van der Waals surface area contributed by atoms with Crippen molar-refractivity contribution in [2.24, 2.45) is 11.8 Å². The van der Waals surface area contributed by atoms with Gasteiger partial charge in [0.2, 0.25) is 5.91 Å². The average Bonchev–Trinajstić information content (AvgIpc) is 2.23. The van der Waals surface area contributed by atoms with Gasteiger partial charge in [0.15, 0.2) is 8.24 Å². The molecule has 1 fully saturated rings. The number of amides is 1. The molecule has 0 bridgehead atoms. The Morgan fingerprint density at radius 3 is 2.16 bits per heavy atom. The van der Waals surface area contributed by atoms with Gasteiger partial charge in [-0.25, -0.2) is 0 Å². The van der Waals surface area contributed by atoms with Crippen molar-refractivity contribution in [1.82, 2.24) is 4.57 Å². The summed E-state index contributed by atoms with van der Waals surface area (Å²) in [6, 6.07) is -0.00853. The molecule has 0 aromatic heterocycles. The van der Waals surface area contributed by atoms with Crippen LogP contribution in [0.15, 0.2) is 12.7 Å². The van der Waals surface area contributed by atoms with Crippen LogP contribution in [0.2, 0.25) is 18.1 Å². The number of aliphatic hydroxyl groups is 1. The SMILES string of the molecule is C=CC1C([C@H](O)C(C)C)C(=O)N1[Si](C)(C)C(C)(C)C. The van der Waals surface area contributed by atoms with Gasteiger partial charge in [-0.3, -0.25) is 4.79 Å². The van der Waals surface area contributed by atoms with Crippen molar-refractivity contribution < 1.29 is 9.90 Å². The molecule has 1 saturated heterocycles. The predicted molar refractivity (Wildman–Crippen MR) is 82.4 cm³/mol. The first kappa shape index (κ1) is 16.4. The first-order chi connectivity index (χ1) is 8.46. The summed E-state index contributed by atoms with van der Waals surface area (Å²) in [6.45, 7) is 18.8. The Bertz CT molecular complexity index is 371. The van der Waals surface area contributed by atoms with Crippen LogP contribution in [0.3, 0.4) is 0 Å². The molecule has 110 valence electrons. The van der Waals surface area contributed by atoms with Gasteiger partial charge in [-0.2, -0.15) is 0 Å². The fourth-order valence-electron chi connectivity index (χ4n) is 2.56. The zero-order valence-electron chi connectivity index (χ0n) is 13.4. The van der Waals surface area contributed by atoms with Gasteiger partial charge in [0.25, 0.3) is 0 Å². The van der Waals surface area contributed by atoms with E-state index in [0.29, 0.717) is 0 Å². The standard InChI is InChI=1S/C15H29NO2Si/c1-9-11-12(13(17)10(2)3)14(18)16(11)19(7,8)15(4,5)6/h9-13,17H,1H2,2-8H3/t11?,12?,13-/m1/s1. The zero-order valence-corrected chi connectivity index (χ0v) is 14.4. The summed E-state index contributed by atoms with van der Waals surface area (Å²) < 4.78 is 2.02. The van der Waals surface area contributed by atoms with Crippen LogP contribution in [0.5, 0.6) is 0 Å². The lowest BCUT2D eigenvalue weighted by molar-refractivity contribution is -0.154. The summed E-state index contributed by atoms with van der Waals surface area (Å²) in [5, 5.41) is 10.3. The molecule has 0 aromatic carbocycles. The molecule has 2 unspecified atom stereocenters. The molecule has 0 aromatic rings. The topological polar surface area (TPSA) is 40.5 Å². The maximum atomic E-state index is 12.5. The van der Waals surface area contributed by atoms with Crippen molar-refractivity contribution >= 4 is 14.1 Å². The molecular formula is C15H29NO2Si. The van der Waals surface area contributed by atoms with E-state index >= 15 is 0 Å². The Morgan fingerprint density at radius 1 is 1.37 bits per heavy atom. The lowest BCUT2D eigenvalue weighted by Gasteiger charge is -2.58. The first-order valence-corrected chi connectivity index (χ1v) is 10.0. The number of rotatable bonds is 4. The van der Waals surface area contributed by atoms with Gasteiger partial charge in [0.05, 0.1) is 18.1 Å². The third-order valence-electron chi connectivity index (χ3n) is 4.92. The van der Waals surface area contributed by atoms with Gasteiger partial charge in [0, 0.05) is 0 Å². The predicted octanol–water partition coefficient (Wildman–Crippen LogP) is 3.02. The lowest BCUT2D eigenvalue weighted by Crippen LogP contribution is -2.74. The molecule has 3 nitrogen and oxygen atoms in total. The molecule has 4 heteroatoms. The van der Waals surface area contributed by atoms with Crippen LogP contribution in [0.1, 0.15) is 34.6 Å². The van der Waals surface area contributed by atoms with Gasteiger partial charge >= 0.3 is 0 Å². The highest BCUT2D eigenvalue weighted by molar-refractivity contribution is 6.80. The first-order valence-electron chi connectivity index (χ1n) is 7.10. The van der Waals surface area contributed by atoms with E-state index in [9.17, 15) is 9.90 Å². The molecule has 3 atom stereocenters. The number of hydrogen-bond acceptors (Lipinski definition) is 2. The minimum absolute atomic E-state index is 0.00853. The average molecular weight is 283 g/mol. The quantitative estimate of drug-likeness (QED) is 0.489. The lowest BCUT2D eigenvalue weighted by atomic mass is 9.81. The Morgan fingerprint density at radius 2 is 1.84 bits per heavy atom. The normalized spacial score (nSPS) is 26.4. The summed E-state index contributed by atoms with van der Waals surface area (Å²) in [5.41, 5.74) is 0. The Kier molecular flexibility index (Phi) is 4.38. The van der Waals surface area contributed by atoms with Crippen LogP contribution in [0.25, 0.3) is 0 Å². The highest BCUT2D eigenvalue weighted by Gasteiger charge is 2.58. The minimum Gasteiger partial charge on any atom is -0.392 e. The van der Waals surface area contributed by atoms with Gasteiger partial charge < -0.3 is 9.67 Å². The number of β-lactam (4-membered cyclic amide) rings is 1. The summed E-state index contributed by atoms with van der Waals surface area (Å²) in [5.74, 6) is -0.0951. The fourth-order valence-corrected chi connectivity index (χ4v) is 4.99.